The van der Waals surface area contributed by atoms with Gasteiger partial charge < -0.3 is 13.7 Å². The number of benzene rings is 3. The minimum atomic E-state index is -0.729. The minimum absolute atomic E-state index is 0.540. The molecule has 1 aliphatic rings. The van der Waals surface area contributed by atoms with Crippen molar-refractivity contribution < 1.29 is 13.7 Å². The predicted octanol–water partition coefficient (Wildman–Crippen LogP) is 0.851. The van der Waals surface area contributed by atoms with Crippen molar-refractivity contribution in [1.82, 2.24) is 0 Å². The molecular formula is C21H12B3N3O3. The first-order valence-electron chi connectivity index (χ1n) is 9.17. The molecule has 1 saturated heterocycles. The molecule has 1 fully saturated rings. The van der Waals surface area contributed by atoms with Crippen LogP contribution < -0.4 is 16.4 Å². The number of hydrogen-bond acceptors (Lipinski definition) is 6. The first-order valence-corrected chi connectivity index (χ1v) is 9.17. The molecule has 0 saturated carbocycles. The van der Waals surface area contributed by atoms with Crippen LogP contribution in [-0.4, -0.2) is 21.4 Å². The van der Waals surface area contributed by atoms with Gasteiger partial charge in [-0.3, -0.25) is 0 Å². The van der Waals surface area contributed by atoms with Gasteiger partial charge in [0.25, 0.3) is 0 Å². The molecule has 0 unspecified atom stereocenters. The molecule has 3 aromatic rings. The average molecular weight is 387 g/mol. The Kier molecular flexibility index (Phi) is 5.66. The second-order valence-corrected chi connectivity index (χ2v) is 6.61. The maximum Gasteiger partial charge on any atom is 0.467 e. The van der Waals surface area contributed by atoms with E-state index in [0.29, 0.717) is 16.7 Å². The highest BCUT2D eigenvalue weighted by molar-refractivity contribution is 6.87. The van der Waals surface area contributed by atoms with E-state index in [1.807, 2.05) is 0 Å². The molecule has 0 aromatic heterocycles. The second kappa shape index (κ2) is 8.70. The maximum atomic E-state index is 9.03. The minimum Gasteiger partial charge on any atom is -0.445 e. The van der Waals surface area contributed by atoms with Crippen molar-refractivity contribution in [2.45, 2.75) is 0 Å². The van der Waals surface area contributed by atoms with Crippen LogP contribution in [0.5, 0.6) is 0 Å². The van der Waals surface area contributed by atoms with E-state index in [1.54, 1.807) is 72.8 Å². The normalized spacial score (nSPS) is 13.3. The van der Waals surface area contributed by atoms with Crippen LogP contribution in [0.2, 0.25) is 0 Å². The van der Waals surface area contributed by atoms with Crippen LogP contribution in [0.4, 0.5) is 0 Å². The van der Waals surface area contributed by atoms with E-state index in [9.17, 15) is 0 Å². The van der Waals surface area contributed by atoms with E-state index in [-0.39, 0.29) is 0 Å². The summed E-state index contributed by atoms with van der Waals surface area (Å²) < 4.78 is 18.1. The van der Waals surface area contributed by atoms with Gasteiger partial charge in [-0.15, -0.1) is 0 Å². The lowest BCUT2D eigenvalue weighted by molar-refractivity contribution is 0.308. The van der Waals surface area contributed by atoms with Gasteiger partial charge in [0.15, 0.2) is 0 Å². The molecule has 3 aromatic carbocycles. The summed E-state index contributed by atoms with van der Waals surface area (Å²) in [5.41, 5.74) is 3.85. The van der Waals surface area contributed by atoms with Gasteiger partial charge in [0, 0.05) is 0 Å². The summed E-state index contributed by atoms with van der Waals surface area (Å²) >= 11 is 0. The van der Waals surface area contributed by atoms with Gasteiger partial charge in [0.2, 0.25) is 0 Å². The van der Waals surface area contributed by atoms with Gasteiger partial charge in [0.1, 0.15) is 0 Å². The fraction of sp³-hybridized carbons (Fsp3) is 0. The predicted molar refractivity (Wildman–Crippen MR) is 113 cm³/mol. The zero-order valence-corrected chi connectivity index (χ0v) is 15.7. The molecule has 1 aliphatic heterocycles. The Labute approximate surface area is 175 Å². The molecule has 30 heavy (non-hydrogen) atoms. The number of nitrogens with zero attached hydrogens (tertiary/aromatic N) is 3. The monoisotopic (exact) mass is 387 g/mol. The Balaban J connectivity index is 1.66. The molecule has 0 aliphatic carbocycles. The van der Waals surface area contributed by atoms with Crippen LogP contribution in [-0.2, 0) is 13.7 Å². The van der Waals surface area contributed by atoms with E-state index in [1.165, 1.54) is 0 Å². The zero-order valence-electron chi connectivity index (χ0n) is 15.7. The lowest BCUT2D eigenvalue weighted by Gasteiger charge is -2.31. The lowest BCUT2D eigenvalue weighted by atomic mass is 9.61. The Morgan fingerprint density at radius 1 is 0.433 bits per heavy atom. The molecule has 4 rings (SSSR count). The molecule has 138 valence electrons. The third kappa shape index (κ3) is 4.13. The molecule has 0 radical (unpaired) electrons. The van der Waals surface area contributed by atoms with Crippen molar-refractivity contribution in [3.8, 4) is 18.2 Å². The van der Waals surface area contributed by atoms with E-state index in [4.69, 9.17) is 29.5 Å². The van der Waals surface area contributed by atoms with Crippen LogP contribution in [0.25, 0.3) is 0 Å². The van der Waals surface area contributed by atoms with Gasteiger partial charge in [0.05, 0.1) is 34.9 Å². The topological polar surface area (TPSA) is 99.1 Å². The number of hydrogen-bond donors (Lipinski definition) is 0. The van der Waals surface area contributed by atoms with Crippen molar-refractivity contribution in [3.63, 3.8) is 0 Å². The summed E-state index contributed by atoms with van der Waals surface area (Å²) in [6.07, 6.45) is 0. The SMILES string of the molecule is N#Cc1ccc(B2OB(c3ccc(C#N)cc3)OB(c3ccc(C#N)cc3)O2)cc1. The fourth-order valence-corrected chi connectivity index (χ4v) is 3.05. The van der Waals surface area contributed by atoms with Crippen LogP contribution in [0, 0.1) is 34.0 Å². The van der Waals surface area contributed by atoms with E-state index in [0.717, 1.165) is 16.4 Å². The highest BCUT2D eigenvalue weighted by Gasteiger charge is 2.43. The van der Waals surface area contributed by atoms with Crippen molar-refractivity contribution in [2.24, 2.45) is 0 Å². The maximum absolute atomic E-state index is 9.03. The summed E-state index contributed by atoms with van der Waals surface area (Å²) in [7, 11) is -2.19. The smallest absolute Gasteiger partial charge is 0.445 e. The first-order chi connectivity index (χ1) is 14.7. The van der Waals surface area contributed by atoms with Crippen LogP contribution in [0.3, 0.4) is 0 Å². The summed E-state index contributed by atoms with van der Waals surface area (Å²) in [6.45, 7) is 0. The van der Waals surface area contributed by atoms with E-state index in [2.05, 4.69) is 18.2 Å². The van der Waals surface area contributed by atoms with Gasteiger partial charge in [-0.05, 0) is 52.8 Å². The molecular weight excluding hydrogens is 375 g/mol. The molecule has 9 heteroatoms. The third-order valence-corrected chi connectivity index (χ3v) is 4.68. The molecule has 6 nitrogen and oxygen atoms in total. The Morgan fingerprint density at radius 3 is 0.867 bits per heavy atom. The fourth-order valence-electron chi connectivity index (χ4n) is 3.05. The van der Waals surface area contributed by atoms with E-state index >= 15 is 0 Å². The zero-order chi connectivity index (χ0) is 20.9. The van der Waals surface area contributed by atoms with Gasteiger partial charge >= 0.3 is 21.4 Å². The number of nitriles is 3. The van der Waals surface area contributed by atoms with Crippen molar-refractivity contribution >= 4 is 37.7 Å². The first kappa shape index (κ1) is 19.5. The Hall–Kier alpha value is -3.80. The largest absolute Gasteiger partial charge is 0.467 e. The molecule has 0 spiro atoms. The van der Waals surface area contributed by atoms with Gasteiger partial charge in [-0.1, -0.05) is 36.4 Å². The van der Waals surface area contributed by atoms with Crippen LogP contribution in [0.15, 0.2) is 72.8 Å². The molecule has 0 bridgehead atoms. The van der Waals surface area contributed by atoms with Crippen LogP contribution in [0.1, 0.15) is 16.7 Å². The summed E-state index contributed by atoms with van der Waals surface area (Å²) in [4.78, 5) is 0. The van der Waals surface area contributed by atoms with Crippen molar-refractivity contribution in [1.29, 1.82) is 15.8 Å². The van der Waals surface area contributed by atoms with E-state index < -0.39 is 21.4 Å². The molecule has 0 amide bonds. The Bertz CT molecular complexity index is 1010. The quantitative estimate of drug-likeness (QED) is 0.619. The van der Waals surface area contributed by atoms with Crippen molar-refractivity contribution in [2.75, 3.05) is 0 Å². The van der Waals surface area contributed by atoms with Gasteiger partial charge in [-0.25, -0.2) is 0 Å². The third-order valence-electron chi connectivity index (χ3n) is 4.68. The Morgan fingerprint density at radius 2 is 0.667 bits per heavy atom. The highest BCUT2D eigenvalue weighted by Crippen LogP contribution is 2.11. The van der Waals surface area contributed by atoms with Crippen molar-refractivity contribution in [3.05, 3.63) is 89.5 Å². The molecule has 0 N–H and O–H groups in total. The summed E-state index contributed by atoms with van der Waals surface area (Å²) in [6, 6.07) is 27.1. The average Bonchev–Trinajstić information content (AvgIpc) is 2.84. The molecule has 1 heterocycles. The highest BCUT2D eigenvalue weighted by atomic mass is 16.7. The van der Waals surface area contributed by atoms with Gasteiger partial charge in [-0.2, -0.15) is 15.8 Å². The lowest BCUT2D eigenvalue weighted by Crippen LogP contribution is -2.61. The standard InChI is InChI=1S/C21H12B3N3O3/c25-13-16-1-7-19(8-2-16)22-28-23(20-9-3-17(14-26)4-10-20)30-24(29-22)21-11-5-18(15-27)6-12-21/h1-12H. The molecule has 0 atom stereocenters. The summed E-state index contributed by atoms with van der Waals surface area (Å²) in [5.74, 6) is 0. The van der Waals surface area contributed by atoms with Crippen LogP contribution >= 0.6 is 0 Å². The second-order valence-electron chi connectivity index (χ2n) is 6.61. The number of rotatable bonds is 3. The summed E-state index contributed by atoms with van der Waals surface area (Å²) in [5, 5.41) is 27.1.